The lowest BCUT2D eigenvalue weighted by Gasteiger charge is -2.34. The number of methoxy groups -OCH3 is 1. The number of carbonyl (C=O) groups excluding carboxylic acids is 1. The highest BCUT2D eigenvalue weighted by Gasteiger charge is 2.34. The number of sulfonamides is 1. The maximum atomic E-state index is 13.1. The fraction of sp³-hybridized carbons (Fsp3) is 0.409. The molecule has 0 aliphatic carbocycles. The first-order valence-electron chi connectivity index (χ1n) is 10.1. The Morgan fingerprint density at radius 1 is 1.13 bits per heavy atom. The maximum absolute atomic E-state index is 13.1. The summed E-state index contributed by atoms with van der Waals surface area (Å²) >= 11 is 5.89. The molecule has 1 aliphatic heterocycles. The Labute approximate surface area is 183 Å². The molecule has 1 N–H and O–H groups in total. The predicted octanol–water partition coefficient (Wildman–Crippen LogP) is 3.64. The van der Waals surface area contributed by atoms with Gasteiger partial charge in [0.05, 0.1) is 12.0 Å². The van der Waals surface area contributed by atoms with Gasteiger partial charge < -0.3 is 10.1 Å². The summed E-state index contributed by atoms with van der Waals surface area (Å²) in [7, 11) is -2.04. The highest BCUT2D eigenvalue weighted by molar-refractivity contribution is 7.89. The monoisotopic (exact) mass is 450 g/mol. The van der Waals surface area contributed by atoms with Crippen molar-refractivity contribution in [3.8, 4) is 5.75 Å². The summed E-state index contributed by atoms with van der Waals surface area (Å²) in [6, 6.07) is 13.5. The van der Waals surface area contributed by atoms with Gasteiger partial charge in [0.15, 0.2) is 0 Å². The van der Waals surface area contributed by atoms with Crippen LogP contribution in [0.5, 0.6) is 5.75 Å². The molecule has 0 unspecified atom stereocenters. The molecule has 1 atom stereocenters. The van der Waals surface area contributed by atoms with Crippen LogP contribution in [0.1, 0.15) is 31.2 Å². The van der Waals surface area contributed by atoms with Gasteiger partial charge in [-0.05, 0) is 61.2 Å². The average Bonchev–Trinajstić information content (AvgIpc) is 2.75. The van der Waals surface area contributed by atoms with Crippen molar-refractivity contribution in [2.45, 2.75) is 43.0 Å². The minimum atomic E-state index is -3.66. The molecule has 0 saturated carbocycles. The number of benzene rings is 2. The van der Waals surface area contributed by atoms with Gasteiger partial charge in [-0.15, -0.1) is 0 Å². The van der Waals surface area contributed by atoms with E-state index in [0.717, 1.165) is 24.2 Å². The number of halogens is 1. The zero-order valence-corrected chi connectivity index (χ0v) is 18.6. The predicted molar refractivity (Wildman–Crippen MR) is 117 cm³/mol. The summed E-state index contributed by atoms with van der Waals surface area (Å²) in [5.41, 5.74) is 1.10. The standard InChI is InChI=1S/C22H27ClN2O4S/c1-29-20-9-5-17(6-10-20)13-14-24-22(26)16-19-4-2-3-15-25(19)30(27,28)21-11-7-18(23)8-12-21/h5-12,19H,2-4,13-16H2,1H3,(H,24,26)/t19-/m1/s1. The first-order valence-corrected chi connectivity index (χ1v) is 11.9. The van der Waals surface area contributed by atoms with Crippen molar-refractivity contribution in [3.63, 3.8) is 0 Å². The number of piperidine rings is 1. The van der Waals surface area contributed by atoms with E-state index in [-0.39, 0.29) is 23.3 Å². The molecule has 2 aromatic carbocycles. The first-order chi connectivity index (χ1) is 14.4. The minimum Gasteiger partial charge on any atom is -0.497 e. The van der Waals surface area contributed by atoms with Crippen LogP contribution in [-0.4, -0.2) is 44.9 Å². The molecule has 1 saturated heterocycles. The molecular formula is C22H27ClN2O4S. The van der Waals surface area contributed by atoms with Crippen LogP contribution in [-0.2, 0) is 21.2 Å². The fourth-order valence-electron chi connectivity index (χ4n) is 3.66. The largest absolute Gasteiger partial charge is 0.497 e. The minimum absolute atomic E-state index is 0.133. The van der Waals surface area contributed by atoms with Gasteiger partial charge in [0.2, 0.25) is 15.9 Å². The molecule has 2 aromatic rings. The molecule has 1 fully saturated rings. The highest BCUT2D eigenvalue weighted by Crippen LogP contribution is 2.27. The Bertz CT molecular complexity index is 946. The molecule has 0 bridgehead atoms. The van der Waals surface area contributed by atoms with E-state index in [0.29, 0.717) is 31.0 Å². The molecule has 0 spiro atoms. The lowest BCUT2D eigenvalue weighted by molar-refractivity contribution is -0.122. The number of nitrogens with one attached hydrogen (secondary N) is 1. The molecule has 30 heavy (non-hydrogen) atoms. The molecule has 3 rings (SSSR count). The van der Waals surface area contributed by atoms with E-state index >= 15 is 0 Å². The number of carbonyl (C=O) groups is 1. The van der Waals surface area contributed by atoms with E-state index in [1.807, 2.05) is 24.3 Å². The lowest BCUT2D eigenvalue weighted by Crippen LogP contribution is -2.46. The van der Waals surface area contributed by atoms with E-state index in [2.05, 4.69) is 5.32 Å². The van der Waals surface area contributed by atoms with Crippen LogP contribution in [0.2, 0.25) is 5.02 Å². The van der Waals surface area contributed by atoms with Gasteiger partial charge in [-0.25, -0.2) is 8.42 Å². The van der Waals surface area contributed by atoms with Crippen LogP contribution in [0.3, 0.4) is 0 Å². The Morgan fingerprint density at radius 3 is 2.50 bits per heavy atom. The van der Waals surface area contributed by atoms with E-state index in [1.165, 1.54) is 16.4 Å². The van der Waals surface area contributed by atoms with E-state index < -0.39 is 10.0 Å². The van der Waals surface area contributed by atoms with Crippen molar-refractivity contribution in [1.82, 2.24) is 9.62 Å². The SMILES string of the molecule is COc1ccc(CCNC(=O)C[C@H]2CCCCN2S(=O)(=O)c2ccc(Cl)cc2)cc1. The molecule has 1 aliphatic rings. The Balaban J connectivity index is 1.57. The number of hydrogen-bond acceptors (Lipinski definition) is 4. The van der Waals surface area contributed by atoms with Crippen LogP contribution in [0.25, 0.3) is 0 Å². The third-order valence-corrected chi connectivity index (χ3v) is 7.53. The van der Waals surface area contributed by atoms with E-state index in [4.69, 9.17) is 16.3 Å². The Kier molecular flexibility index (Phi) is 7.75. The maximum Gasteiger partial charge on any atom is 0.243 e. The summed E-state index contributed by atoms with van der Waals surface area (Å²) in [6.45, 7) is 0.927. The molecule has 0 radical (unpaired) electrons. The van der Waals surface area contributed by atoms with Crippen LogP contribution in [0.15, 0.2) is 53.4 Å². The Morgan fingerprint density at radius 2 is 1.83 bits per heavy atom. The number of rotatable bonds is 8. The van der Waals surface area contributed by atoms with Gasteiger partial charge in [-0.2, -0.15) is 4.31 Å². The quantitative estimate of drug-likeness (QED) is 0.666. The number of hydrogen-bond donors (Lipinski definition) is 1. The molecule has 6 nitrogen and oxygen atoms in total. The van der Waals surface area contributed by atoms with Gasteiger partial charge in [0, 0.05) is 30.6 Å². The topological polar surface area (TPSA) is 75.7 Å². The van der Waals surface area contributed by atoms with Crippen LogP contribution in [0, 0.1) is 0 Å². The molecule has 8 heteroatoms. The first kappa shape index (κ1) is 22.6. The number of nitrogens with zero attached hydrogens (tertiary/aromatic N) is 1. The third kappa shape index (κ3) is 5.74. The van der Waals surface area contributed by atoms with Gasteiger partial charge in [0.1, 0.15) is 5.75 Å². The number of amides is 1. The normalized spacial score (nSPS) is 17.5. The molecule has 1 heterocycles. The van der Waals surface area contributed by atoms with Crippen molar-refractivity contribution >= 4 is 27.5 Å². The van der Waals surface area contributed by atoms with E-state index in [9.17, 15) is 13.2 Å². The van der Waals surface area contributed by atoms with Crippen molar-refractivity contribution < 1.29 is 17.9 Å². The van der Waals surface area contributed by atoms with Crippen LogP contribution >= 0.6 is 11.6 Å². The van der Waals surface area contributed by atoms with Gasteiger partial charge in [0.25, 0.3) is 0 Å². The summed E-state index contributed by atoms with van der Waals surface area (Å²) in [5, 5.41) is 3.40. The van der Waals surface area contributed by atoms with Gasteiger partial charge in [-0.1, -0.05) is 30.2 Å². The van der Waals surface area contributed by atoms with Crippen molar-refractivity contribution in [3.05, 3.63) is 59.1 Å². The third-order valence-electron chi connectivity index (χ3n) is 5.31. The van der Waals surface area contributed by atoms with E-state index in [1.54, 1.807) is 19.2 Å². The fourth-order valence-corrected chi connectivity index (χ4v) is 5.48. The highest BCUT2D eigenvalue weighted by atomic mass is 35.5. The Hall–Kier alpha value is -2.09. The zero-order chi connectivity index (χ0) is 21.6. The molecular weight excluding hydrogens is 424 g/mol. The second-order valence-corrected chi connectivity index (χ2v) is 9.70. The van der Waals surface area contributed by atoms with Crippen LogP contribution in [0.4, 0.5) is 0 Å². The second-order valence-electron chi connectivity index (χ2n) is 7.37. The number of ether oxygens (including phenoxy) is 1. The van der Waals surface area contributed by atoms with Crippen molar-refractivity contribution in [2.75, 3.05) is 20.2 Å². The van der Waals surface area contributed by atoms with Crippen molar-refractivity contribution in [2.24, 2.45) is 0 Å². The lowest BCUT2D eigenvalue weighted by atomic mass is 10.0. The summed E-state index contributed by atoms with van der Waals surface area (Å²) in [5.74, 6) is 0.661. The van der Waals surface area contributed by atoms with Gasteiger partial charge in [-0.3, -0.25) is 4.79 Å². The summed E-state index contributed by atoms with van der Waals surface area (Å²) in [6.07, 6.45) is 3.25. The average molecular weight is 451 g/mol. The summed E-state index contributed by atoms with van der Waals surface area (Å²) < 4.78 is 32.8. The zero-order valence-electron chi connectivity index (χ0n) is 17.0. The smallest absolute Gasteiger partial charge is 0.243 e. The molecule has 0 aromatic heterocycles. The van der Waals surface area contributed by atoms with Crippen LogP contribution < -0.4 is 10.1 Å². The summed E-state index contributed by atoms with van der Waals surface area (Å²) in [4.78, 5) is 12.7. The van der Waals surface area contributed by atoms with Crippen molar-refractivity contribution in [1.29, 1.82) is 0 Å². The molecule has 1 amide bonds. The van der Waals surface area contributed by atoms with Gasteiger partial charge >= 0.3 is 0 Å². The second kappa shape index (κ2) is 10.3. The molecule has 162 valence electrons.